The molecule has 0 N–H and O–H groups in total. The minimum atomic E-state index is -0.823. The Labute approximate surface area is 219 Å². The van der Waals surface area contributed by atoms with Crippen LogP contribution in [-0.4, -0.2) is 56.5 Å². The molecule has 3 heterocycles. The summed E-state index contributed by atoms with van der Waals surface area (Å²) >= 11 is 0. The van der Waals surface area contributed by atoms with Crippen LogP contribution in [0.3, 0.4) is 0 Å². The molecule has 2 aromatic heterocycles. The number of hydrogen-bond donors (Lipinski definition) is 0. The van der Waals surface area contributed by atoms with Crippen molar-refractivity contribution in [1.29, 1.82) is 0 Å². The number of hydrogen-bond acceptors (Lipinski definition) is 8. The normalized spacial score (nSPS) is 14.0. The summed E-state index contributed by atoms with van der Waals surface area (Å²) in [5.74, 6) is -0.771. The Morgan fingerprint density at radius 3 is 2.42 bits per heavy atom. The molecule has 5 rings (SSSR count). The lowest BCUT2D eigenvalue weighted by atomic mass is 9.84. The zero-order valence-electron chi connectivity index (χ0n) is 21.9. The van der Waals surface area contributed by atoms with Gasteiger partial charge >= 0.3 is 11.9 Å². The van der Waals surface area contributed by atoms with Crippen molar-refractivity contribution in [2.24, 2.45) is 0 Å². The van der Waals surface area contributed by atoms with E-state index in [9.17, 15) is 9.59 Å². The first kappa shape index (κ1) is 25.1. The van der Waals surface area contributed by atoms with Crippen molar-refractivity contribution in [3.05, 3.63) is 71.1 Å². The number of rotatable bonds is 7. The number of carbonyl (C=O) groups excluding carboxylic acids is 2. The van der Waals surface area contributed by atoms with Crippen molar-refractivity contribution in [2.45, 2.75) is 19.4 Å². The number of carbonyl (C=O) groups is 2. The van der Waals surface area contributed by atoms with E-state index < -0.39 is 17.9 Å². The number of methoxy groups -OCH3 is 4. The molecular weight excluding hydrogens is 488 g/mol. The predicted molar refractivity (Wildman–Crippen MR) is 141 cm³/mol. The van der Waals surface area contributed by atoms with Crippen LogP contribution in [0.2, 0.25) is 0 Å². The third-order valence-electron chi connectivity index (χ3n) is 6.90. The van der Waals surface area contributed by atoms with Crippen LogP contribution < -0.4 is 14.2 Å². The summed E-state index contributed by atoms with van der Waals surface area (Å²) in [5.41, 5.74) is 3.87. The molecule has 1 unspecified atom stereocenters. The molecule has 9 nitrogen and oxygen atoms in total. The van der Waals surface area contributed by atoms with Crippen molar-refractivity contribution >= 4 is 33.7 Å². The highest BCUT2D eigenvalue weighted by atomic mass is 16.5. The summed E-state index contributed by atoms with van der Waals surface area (Å²) in [6, 6.07) is 11.5. The average molecular weight is 517 g/mol. The number of fused-ring (bicyclic) bond motifs is 4. The molecule has 0 bridgehead atoms. The molecule has 38 heavy (non-hydrogen) atoms. The molecule has 1 atom stereocenters. The Hall–Kier alpha value is -4.53. The molecule has 0 radical (unpaired) electrons. The second kappa shape index (κ2) is 9.74. The van der Waals surface area contributed by atoms with Gasteiger partial charge in [-0.3, -0.25) is 0 Å². The van der Waals surface area contributed by atoms with E-state index in [1.54, 1.807) is 20.1 Å². The Morgan fingerprint density at radius 2 is 1.76 bits per heavy atom. The fourth-order valence-electron chi connectivity index (χ4n) is 5.34. The van der Waals surface area contributed by atoms with Gasteiger partial charge in [-0.25, -0.2) is 14.6 Å². The van der Waals surface area contributed by atoms with Crippen LogP contribution in [0.25, 0.3) is 21.8 Å². The van der Waals surface area contributed by atoms with Crippen LogP contribution in [0.15, 0.2) is 48.6 Å². The van der Waals surface area contributed by atoms with Crippen molar-refractivity contribution in [1.82, 2.24) is 9.55 Å². The van der Waals surface area contributed by atoms with Gasteiger partial charge in [-0.1, -0.05) is 24.8 Å². The smallest absolute Gasteiger partial charge is 0.356 e. The van der Waals surface area contributed by atoms with E-state index in [0.717, 1.165) is 27.4 Å². The zero-order chi connectivity index (χ0) is 27.1. The minimum absolute atomic E-state index is 0.113. The van der Waals surface area contributed by atoms with E-state index in [0.29, 0.717) is 35.1 Å². The van der Waals surface area contributed by atoms with Crippen LogP contribution in [0.5, 0.6) is 17.2 Å². The molecule has 0 saturated heterocycles. The topological polar surface area (TPSA) is 98.1 Å². The van der Waals surface area contributed by atoms with Gasteiger partial charge in [0.05, 0.1) is 52.2 Å². The predicted octanol–water partition coefficient (Wildman–Crippen LogP) is 4.61. The van der Waals surface area contributed by atoms with Crippen molar-refractivity contribution in [3.63, 3.8) is 0 Å². The lowest BCUT2D eigenvalue weighted by Crippen LogP contribution is -2.19. The van der Waals surface area contributed by atoms with Crippen molar-refractivity contribution < 1.29 is 33.3 Å². The number of benzene rings is 2. The fraction of sp³-hybridized carbons (Fsp3) is 0.276. The quantitative estimate of drug-likeness (QED) is 0.259. The monoisotopic (exact) mass is 516 g/mol. The molecule has 0 aliphatic carbocycles. The van der Waals surface area contributed by atoms with Gasteiger partial charge < -0.3 is 28.3 Å². The highest BCUT2D eigenvalue weighted by molar-refractivity contribution is 6.11. The third-order valence-corrected chi connectivity index (χ3v) is 6.90. The first-order chi connectivity index (χ1) is 18.4. The van der Waals surface area contributed by atoms with Gasteiger partial charge in [0.25, 0.3) is 0 Å². The average Bonchev–Trinajstić information content (AvgIpc) is 3.17. The molecular formula is C29H28N2O7. The summed E-state index contributed by atoms with van der Waals surface area (Å²) < 4.78 is 29.7. The minimum Gasteiger partial charge on any atom is -0.493 e. The van der Waals surface area contributed by atoms with E-state index in [2.05, 4.69) is 11.1 Å². The summed E-state index contributed by atoms with van der Waals surface area (Å²) in [4.78, 5) is 30.7. The molecule has 196 valence electrons. The number of aromatic nitrogens is 2. The fourth-order valence-corrected chi connectivity index (χ4v) is 5.34. The molecule has 0 saturated carbocycles. The zero-order valence-corrected chi connectivity index (χ0v) is 21.9. The first-order valence-corrected chi connectivity index (χ1v) is 12.1. The number of esters is 2. The first-order valence-electron chi connectivity index (χ1n) is 12.1. The second-order valence-corrected chi connectivity index (χ2v) is 8.78. The standard InChI is InChI=1S/C29H28N2O7/c1-7-38-28(32)15(2)22-23-16(12-21(34-3)26(35-4)27(23)36-5)14-31-20-11-9-8-10-17(20)18-13-19(29(33)37-6)30-24(22)25(18)31/h8-13,22H,2,7,14H2,1,3-6H3. The van der Waals surface area contributed by atoms with Crippen LogP contribution in [-0.2, 0) is 20.8 Å². The molecule has 4 aromatic rings. The van der Waals surface area contributed by atoms with Crippen LogP contribution in [0.4, 0.5) is 0 Å². The maximum absolute atomic E-state index is 13.2. The number of ether oxygens (including phenoxy) is 5. The van der Waals surface area contributed by atoms with Crippen molar-refractivity contribution in [2.75, 3.05) is 35.0 Å². The van der Waals surface area contributed by atoms with E-state index in [1.807, 2.05) is 30.3 Å². The van der Waals surface area contributed by atoms with E-state index in [4.69, 9.17) is 28.7 Å². The van der Waals surface area contributed by atoms with Crippen molar-refractivity contribution in [3.8, 4) is 17.2 Å². The maximum atomic E-state index is 13.2. The number of para-hydroxylation sites is 1. The Kier molecular flexibility index (Phi) is 6.44. The molecule has 0 spiro atoms. The molecule has 2 aromatic carbocycles. The van der Waals surface area contributed by atoms with Crippen LogP contribution in [0.1, 0.15) is 40.2 Å². The summed E-state index contributed by atoms with van der Waals surface area (Å²) in [5, 5.41) is 1.74. The van der Waals surface area contributed by atoms with Gasteiger partial charge in [0.2, 0.25) is 5.75 Å². The molecule has 0 amide bonds. The molecule has 0 fully saturated rings. The Morgan fingerprint density at radius 1 is 1.03 bits per heavy atom. The van der Waals surface area contributed by atoms with Gasteiger partial charge in [0.1, 0.15) is 5.69 Å². The molecule has 9 heteroatoms. The van der Waals surface area contributed by atoms with Gasteiger partial charge in [0, 0.05) is 34.0 Å². The highest BCUT2D eigenvalue weighted by Crippen LogP contribution is 2.51. The second-order valence-electron chi connectivity index (χ2n) is 8.78. The van der Waals surface area contributed by atoms with Crippen LogP contribution >= 0.6 is 0 Å². The van der Waals surface area contributed by atoms with E-state index in [1.165, 1.54) is 21.3 Å². The highest BCUT2D eigenvalue weighted by Gasteiger charge is 2.38. The summed E-state index contributed by atoms with van der Waals surface area (Å²) in [7, 11) is 5.90. The van der Waals surface area contributed by atoms with Gasteiger partial charge in [-0.05, 0) is 30.7 Å². The van der Waals surface area contributed by atoms with Gasteiger partial charge in [-0.2, -0.15) is 0 Å². The SMILES string of the molecule is C=C(C(=O)OCC)C1c2c(cc(OC)c(OC)c2OC)Cn2c3ccccc3c3cc(C(=O)OC)nc1c32. The van der Waals surface area contributed by atoms with E-state index in [-0.39, 0.29) is 17.9 Å². The van der Waals surface area contributed by atoms with Crippen LogP contribution in [0, 0.1) is 0 Å². The number of pyridine rings is 1. The lowest BCUT2D eigenvalue weighted by Gasteiger charge is -2.25. The van der Waals surface area contributed by atoms with E-state index >= 15 is 0 Å². The maximum Gasteiger partial charge on any atom is 0.356 e. The Bertz CT molecular complexity index is 1620. The molecule has 1 aliphatic heterocycles. The van der Waals surface area contributed by atoms with Gasteiger partial charge in [-0.15, -0.1) is 0 Å². The van der Waals surface area contributed by atoms with Gasteiger partial charge in [0.15, 0.2) is 11.5 Å². The lowest BCUT2D eigenvalue weighted by molar-refractivity contribution is -0.138. The summed E-state index contributed by atoms with van der Waals surface area (Å²) in [6.45, 7) is 6.47. The largest absolute Gasteiger partial charge is 0.493 e. The number of nitrogens with zero attached hydrogens (tertiary/aromatic N) is 2. The summed E-state index contributed by atoms with van der Waals surface area (Å²) in [6.07, 6.45) is 0. The third kappa shape index (κ3) is 3.65. The Balaban J connectivity index is 1.98. The molecule has 1 aliphatic rings.